The second kappa shape index (κ2) is 6.65. The maximum Gasteiger partial charge on any atom is 0.273 e. The van der Waals surface area contributed by atoms with Crippen LogP contribution < -0.4 is 5.32 Å². The molecular weight excluding hydrogens is 272 g/mol. The third-order valence-electron chi connectivity index (χ3n) is 4.02. The van der Waals surface area contributed by atoms with E-state index in [-0.39, 0.29) is 5.91 Å². The number of piperazine rings is 1. The van der Waals surface area contributed by atoms with Gasteiger partial charge in [0.1, 0.15) is 5.69 Å². The maximum absolute atomic E-state index is 12.3. The number of thiazole rings is 1. The number of nitrogens with one attached hydrogen (secondary N) is 1. The molecule has 1 N–H and O–H groups in total. The van der Waals surface area contributed by atoms with E-state index >= 15 is 0 Å². The van der Waals surface area contributed by atoms with Gasteiger partial charge in [0.05, 0.1) is 5.01 Å². The van der Waals surface area contributed by atoms with Gasteiger partial charge in [-0.15, -0.1) is 11.3 Å². The number of rotatable bonds is 4. The standard InChI is InChI=1S/C14H22N4OS/c19-14(18-9-4-15-5-10-18)12-11-20-13(16-12)3-8-17-6-1-2-7-17/h11,15H,1-10H2. The molecule has 0 unspecified atom stereocenters. The summed E-state index contributed by atoms with van der Waals surface area (Å²) in [5.74, 6) is 0.0928. The summed E-state index contributed by atoms with van der Waals surface area (Å²) >= 11 is 1.62. The van der Waals surface area contributed by atoms with Crippen LogP contribution in [0.25, 0.3) is 0 Å². The monoisotopic (exact) mass is 294 g/mol. The zero-order chi connectivity index (χ0) is 13.8. The molecule has 110 valence electrons. The van der Waals surface area contributed by atoms with Crippen molar-refractivity contribution < 1.29 is 4.79 Å². The molecule has 2 saturated heterocycles. The Morgan fingerprint density at radius 1 is 1.25 bits per heavy atom. The van der Waals surface area contributed by atoms with Crippen molar-refractivity contribution in [1.82, 2.24) is 20.1 Å². The molecule has 0 spiro atoms. The molecular formula is C14H22N4OS. The first-order valence-electron chi connectivity index (χ1n) is 7.50. The first-order chi connectivity index (χ1) is 9.83. The Morgan fingerprint density at radius 3 is 2.75 bits per heavy atom. The summed E-state index contributed by atoms with van der Waals surface area (Å²) in [6.45, 7) is 6.87. The van der Waals surface area contributed by atoms with Gasteiger partial charge in [0.15, 0.2) is 0 Å². The van der Waals surface area contributed by atoms with Crippen molar-refractivity contribution in [3.8, 4) is 0 Å². The summed E-state index contributed by atoms with van der Waals surface area (Å²) < 4.78 is 0. The van der Waals surface area contributed by atoms with Crippen LogP contribution >= 0.6 is 11.3 Å². The summed E-state index contributed by atoms with van der Waals surface area (Å²) in [5, 5.41) is 6.27. The number of carbonyl (C=O) groups is 1. The lowest BCUT2D eigenvalue weighted by Crippen LogP contribution is -2.46. The number of nitrogens with zero attached hydrogens (tertiary/aromatic N) is 3. The van der Waals surface area contributed by atoms with Crippen molar-refractivity contribution in [3.05, 3.63) is 16.1 Å². The highest BCUT2D eigenvalue weighted by Gasteiger charge is 2.20. The molecule has 2 aliphatic heterocycles. The molecule has 6 heteroatoms. The number of amides is 1. The molecule has 20 heavy (non-hydrogen) atoms. The third-order valence-corrected chi connectivity index (χ3v) is 4.92. The van der Waals surface area contributed by atoms with Crippen LogP contribution in [0.3, 0.4) is 0 Å². The van der Waals surface area contributed by atoms with Crippen molar-refractivity contribution in [2.24, 2.45) is 0 Å². The summed E-state index contributed by atoms with van der Waals surface area (Å²) in [6.07, 6.45) is 3.62. The lowest BCUT2D eigenvalue weighted by molar-refractivity contribution is 0.0730. The number of carbonyl (C=O) groups excluding carboxylic acids is 1. The average molecular weight is 294 g/mol. The molecule has 2 fully saturated rings. The smallest absolute Gasteiger partial charge is 0.273 e. The molecule has 3 heterocycles. The Labute approximate surface area is 124 Å². The molecule has 1 aromatic heterocycles. The fourth-order valence-corrected chi connectivity index (χ4v) is 3.58. The Balaban J connectivity index is 1.53. The summed E-state index contributed by atoms with van der Waals surface area (Å²) in [7, 11) is 0. The minimum atomic E-state index is 0.0928. The third kappa shape index (κ3) is 3.37. The van der Waals surface area contributed by atoms with Crippen molar-refractivity contribution >= 4 is 17.2 Å². The molecule has 1 aromatic rings. The van der Waals surface area contributed by atoms with Gasteiger partial charge in [-0.1, -0.05) is 0 Å². The van der Waals surface area contributed by atoms with Crippen LogP contribution in [0.1, 0.15) is 28.3 Å². The van der Waals surface area contributed by atoms with Crippen LogP contribution in [0.4, 0.5) is 0 Å². The highest BCUT2D eigenvalue weighted by molar-refractivity contribution is 7.09. The molecule has 1 amide bonds. The van der Waals surface area contributed by atoms with Crippen molar-refractivity contribution in [1.29, 1.82) is 0 Å². The minimum absolute atomic E-state index is 0.0928. The number of aromatic nitrogens is 1. The molecule has 0 aromatic carbocycles. The number of hydrogen-bond donors (Lipinski definition) is 1. The van der Waals surface area contributed by atoms with Gasteiger partial charge < -0.3 is 15.1 Å². The van der Waals surface area contributed by atoms with Crippen molar-refractivity contribution in [3.63, 3.8) is 0 Å². The SMILES string of the molecule is O=C(c1csc(CCN2CCCC2)n1)N1CCNCC1. The summed E-state index contributed by atoms with van der Waals surface area (Å²) in [6, 6.07) is 0. The lowest BCUT2D eigenvalue weighted by Gasteiger charge is -2.26. The average Bonchev–Trinajstić information content (AvgIpc) is 3.17. The van der Waals surface area contributed by atoms with Crippen LogP contribution in [-0.4, -0.2) is 66.5 Å². The quantitative estimate of drug-likeness (QED) is 0.893. The van der Waals surface area contributed by atoms with E-state index in [9.17, 15) is 4.79 Å². The fraction of sp³-hybridized carbons (Fsp3) is 0.714. The summed E-state index contributed by atoms with van der Waals surface area (Å²) in [5.41, 5.74) is 0.633. The van der Waals surface area contributed by atoms with E-state index in [0.29, 0.717) is 5.69 Å². The van der Waals surface area contributed by atoms with Crippen LogP contribution in [0, 0.1) is 0 Å². The highest BCUT2D eigenvalue weighted by Crippen LogP contribution is 2.15. The second-order valence-electron chi connectivity index (χ2n) is 5.47. The van der Waals surface area contributed by atoms with Gasteiger partial charge in [0.2, 0.25) is 0 Å². The molecule has 0 aliphatic carbocycles. The summed E-state index contributed by atoms with van der Waals surface area (Å²) in [4.78, 5) is 21.2. The topological polar surface area (TPSA) is 48.5 Å². The van der Waals surface area contributed by atoms with E-state index < -0.39 is 0 Å². The highest BCUT2D eigenvalue weighted by atomic mass is 32.1. The van der Waals surface area contributed by atoms with Gasteiger partial charge in [-0.25, -0.2) is 4.98 Å². The molecule has 0 atom stereocenters. The predicted octanol–water partition coefficient (Wildman–Crippen LogP) is 0.827. The van der Waals surface area contributed by atoms with Crippen molar-refractivity contribution in [2.75, 3.05) is 45.8 Å². The van der Waals surface area contributed by atoms with E-state index in [4.69, 9.17) is 0 Å². The van der Waals surface area contributed by atoms with E-state index in [2.05, 4.69) is 15.2 Å². The van der Waals surface area contributed by atoms with Gasteiger partial charge in [-0.05, 0) is 25.9 Å². The Hall–Kier alpha value is -0.980. The first-order valence-corrected chi connectivity index (χ1v) is 8.37. The molecule has 0 saturated carbocycles. The molecule has 0 radical (unpaired) electrons. The molecule has 5 nitrogen and oxygen atoms in total. The maximum atomic E-state index is 12.3. The van der Waals surface area contributed by atoms with E-state index in [0.717, 1.165) is 44.2 Å². The zero-order valence-electron chi connectivity index (χ0n) is 11.8. The molecule has 3 rings (SSSR count). The molecule has 2 aliphatic rings. The molecule has 0 bridgehead atoms. The van der Waals surface area contributed by atoms with Crippen LogP contribution in [0.5, 0.6) is 0 Å². The Kier molecular flexibility index (Phi) is 4.65. The number of hydrogen-bond acceptors (Lipinski definition) is 5. The Bertz CT molecular complexity index is 450. The second-order valence-corrected chi connectivity index (χ2v) is 6.41. The van der Waals surface area contributed by atoms with Gasteiger partial charge in [0.25, 0.3) is 5.91 Å². The van der Waals surface area contributed by atoms with Gasteiger partial charge in [-0.2, -0.15) is 0 Å². The number of likely N-dealkylation sites (tertiary alicyclic amines) is 1. The van der Waals surface area contributed by atoms with E-state index in [1.165, 1.54) is 25.9 Å². The minimum Gasteiger partial charge on any atom is -0.335 e. The van der Waals surface area contributed by atoms with Gasteiger partial charge in [-0.3, -0.25) is 4.79 Å². The first kappa shape index (κ1) is 14.0. The van der Waals surface area contributed by atoms with Crippen LogP contribution in [-0.2, 0) is 6.42 Å². The van der Waals surface area contributed by atoms with Crippen LogP contribution in [0.2, 0.25) is 0 Å². The zero-order valence-corrected chi connectivity index (χ0v) is 12.6. The van der Waals surface area contributed by atoms with E-state index in [1.54, 1.807) is 11.3 Å². The normalized spacial score (nSPS) is 20.5. The lowest BCUT2D eigenvalue weighted by atomic mass is 10.3. The van der Waals surface area contributed by atoms with Crippen LogP contribution in [0.15, 0.2) is 5.38 Å². The predicted molar refractivity (Wildman–Crippen MR) is 80.3 cm³/mol. The van der Waals surface area contributed by atoms with Crippen molar-refractivity contribution in [2.45, 2.75) is 19.3 Å². The van der Waals surface area contributed by atoms with E-state index in [1.807, 2.05) is 10.3 Å². The van der Waals surface area contributed by atoms with Gasteiger partial charge in [0, 0.05) is 44.5 Å². The van der Waals surface area contributed by atoms with Gasteiger partial charge >= 0.3 is 0 Å². The largest absolute Gasteiger partial charge is 0.335 e. The fourth-order valence-electron chi connectivity index (χ4n) is 2.81. The Morgan fingerprint density at radius 2 is 2.00 bits per heavy atom.